The zero-order valence-electron chi connectivity index (χ0n) is 10.3. The number of para-hydroxylation sites is 1. The summed E-state index contributed by atoms with van der Waals surface area (Å²) >= 11 is 5.98. The standard InChI is InChI=1S/C15H13ClN2O/c16-13-6-3-4-11(8-13)10-18-14-7-2-1-5-12(14)9-17-15(18)19/h1-8H,9-10H2,(H,17,19). The highest BCUT2D eigenvalue weighted by Gasteiger charge is 2.23. The van der Waals surface area contributed by atoms with Crippen LogP contribution >= 0.6 is 11.6 Å². The Bertz CT molecular complexity index is 627. The number of rotatable bonds is 2. The fourth-order valence-electron chi connectivity index (χ4n) is 2.27. The second-order valence-corrected chi connectivity index (χ2v) is 4.94. The molecule has 2 amide bonds. The molecule has 0 bridgehead atoms. The number of halogens is 1. The van der Waals surface area contributed by atoms with Gasteiger partial charge in [0.25, 0.3) is 0 Å². The Morgan fingerprint density at radius 3 is 2.84 bits per heavy atom. The lowest BCUT2D eigenvalue weighted by molar-refractivity contribution is 0.244. The highest BCUT2D eigenvalue weighted by molar-refractivity contribution is 6.30. The Morgan fingerprint density at radius 1 is 1.16 bits per heavy atom. The molecule has 3 nitrogen and oxygen atoms in total. The van der Waals surface area contributed by atoms with E-state index in [1.807, 2.05) is 48.5 Å². The van der Waals surface area contributed by atoms with Gasteiger partial charge in [0.05, 0.1) is 12.2 Å². The second kappa shape index (κ2) is 4.94. The molecule has 2 aromatic carbocycles. The minimum absolute atomic E-state index is 0.0707. The summed E-state index contributed by atoms with van der Waals surface area (Å²) in [5, 5.41) is 3.56. The summed E-state index contributed by atoms with van der Waals surface area (Å²) in [6, 6.07) is 15.4. The Morgan fingerprint density at radius 2 is 2.00 bits per heavy atom. The average Bonchev–Trinajstić information content (AvgIpc) is 2.42. The Labute approximate surface area is 116 Å². The van der Waals surface area contributed by atoms with Gasteiger partial charge in [-0.25, -0.2) is 4.79 Å². The van der Waals surface area contributed by atoms with Crippen LogP contribution in [0.15, 0.2) is 48.5 Å². The monoisotopic (exact) mass is 272 g/mol. The number of carbonyl (C=O) groups excluding carboxylic acids is 1. The van der Waals surface area contributed by atoms with Gasteiger partial charge in [-0.05, 0) is 29.3 Å². The van der Waals surface area contributed by atoms with E-state index in [1.165, 1.54) is 0 Å². The fourth-order valence-corrected chi connectivity index (χ4v) is 2.49. The third kappa shape index (κ3) is 2.42. The molecule has 0 atom stereocenters. The third-order valence-electron chi connectivity index (χ3n) is 3.19. The van der Waals surface area contributed by atoms with Crippen molar-refractivity contribution in [3.63, 3.8) is 0 Å². The number of urea groups is 1. The van der Waals surface area contributed by atoms with Crippen molar-refractivity contribution in [1.29, 1.82) is 0 Å². The third-order valence-corrected chi connectivity index (χ3v) is 3.42. The summed E-state index contributed by atoms with van der Waals surface area (Å²) < 4.78 is 0. The fraction of sp³-hybridized carbons (Fsp3) is 0.133. The van der Waals surface area contributed by atoms with Crippen molar-refractivity contribution >= 4 is 23.3 Å². The van der Waals surface area contributed by atoms with E-state index in [-0.39, 0.29) is 6.03 Å². The lowest BCUT2D eigenvalue weighted by Gasteiger charge is -2.30. The topological polar surface area (TPSA) is 32.3 Å². The van der Waals surface area contributed by atoms with Crippen molar-refractivity contribution in [2.45, 2.75) is 13.1 Å². The number of amides is 2. The van der Waals surface area contributed by atoms with Crippen LogP contribution in [0.5, 0.6) is 0 Å². The van der Waals surface area contributed by atoms with E-state index < -0.39 is 0 Å². The van der Waals surface area contributed by atoms with Gasteiger partial charge in [-0.3, -0.25) is 4.90 Å². The molecule has 19 heavy (non-hydrogen) atoms. The van der Waals surface area contributed by atoms with Crippen molar-refractivity contribution < 1.29 is 4.79 Å². The molecular formula is C15H13ClN2O. The number of hydrogen-bond acceptors (Lipinski definition) is 1. The number of hydrogen-bond donors (Lipinski definition) is 1. The first-order chi connectivity index (χ1) is 9.24. The first kappa shape index (κ1) is 12.1. The number of benzene rings is 2. The number of anilines is 1. The molecule has 1 N–H and O–H groups in total. The van der Waals surface area contributed by atoms with Gasteiger partial charge in [0.15, 0.2) is 0 Å². The van der Waals surface area contributed by atoms with Crippen molar-refractivity contribution in [2.75, 3.05) is 4.90 Å². The van der Waals surface area contributed by atoms with Crippen molar-refractivity contribution in [1.82, 2.24) is 5.32 Å². The molecule has 1 heterocycles. The quantitative estimate of drug-likeness (QED) is 0.891. The van der Waals surface area contributed by atoms with Crippen LogP contribution in [-0.2, 0) is 13.1 Å². The summed E-state index contributed by atoms with van der Waals surface area (Å²) in [6.45, 7) is 1.10. The van der Waals surface area contributed by atoms with E-state index in [1.54, 1.807) is 4.90 Å². The molecule has 0 aliphatic carbocycles. The van der Waals surface area contributed by atoms with Gasteiger partial charge in [0.2, 0.25) is 0 Å². The van der Waals surface area contributed by atoms with Crippen molar-refractivity contribution in [3.8, 4) is 0 Å². The minimum atomic E-state index is -0.0707. The van der Waals surface area contributed by atoms with Crippen LogP contribution in [-0.4, -0.2) is 6.03 Å². The van der Waals surface area contributed by atoms with Crippen LogP contribution in [0.4, 0.5) is 10.5 Å². The summed E-state index contributed by atoms with van der Waals surface area (Å²) in [5.41, 5.74) is 3.11. The maximum atomic E-state index is 12.0. The van der Waals surface area contributed by atoms with Gasteiger partial charge in [0, 0.05) is 11.6 Å². The van der Waals surface area contributed by atoms with Gasteiger partial charge in [-0.1, -0.05) is 41.9 Å². The molecular weight excluding hydrogens is 260 g/mol. The first-order valence-electron chi connectivity index (χ1n) is 6.12. The molecule has 0 unspecified atom stereocenters. The summed E-state index contributed by atoms with van der Waals surface area (Å²) in [4.78, 5) is 13.8. The van der Waals surface area contributed by atoms with E-state index in [2.05, 4.69) is 5.32 Å². The minimum Gasteiger partial charge on any atom is -0.334 e. The van der Waals surface area contributed by atoms with Crippen LogP contribution in [0.1, 0.15) is 11.1 Å². The highest BCUT2D eigenvalue weighted by Crippen LogP contribution is 2.26. The van der Waals surface area contributed by atoms with Gasteiger partial charge in [-0.15, -0.1) is 0 Å². The van der Waals surface area contributed by atoms with E-state index in [9.17, 15) is 4.79 Å². The number of fused-ring (bicyclic) bond motifs is 1. The smallest absolute Gasteiger partial charge is 0.322 e. The van der Waals surface area contributed by atoms with Gasteiger partial charge < -0.3 is 5.32 Å². The predicted octanol–water partition coefficient (Wildman–Crippen LogP) is 3.57. The SMILES string of the molecule is O=C1NCc2ccccc2N1Cc1cccc(Cl)c1. The molecule has 3 rings (SSSR count). The Balaban J connectivity index is 1.94. The maximum absolute atomic E-state index is 12.0. The van der Waals surface area contributed by atoms with E-state index in [0.29, 0.717) is 18.1 Å². The Kier molecular flexibility index (Phi) is 3.13. The number of nitrogens with one attached hydrogen (secondary N) is 1. The van der Waals surface area contributed by atoms with E-state index >= 15 is 0 Å². The summed E-state index contributed by atoms with van der Waals surface area (Å²) in [5.74, 6) is 0. The molecule has 96 valence electrons. The molecule has 1 aliphatic rings. The second-order valence-electron chi connectivity index (χ2n) is 4.50. The van der Waals surface area contributed by atoms with Crippen molar-refractivity contribution in [2.24, 2.45) is 0 Å². The van der Waals surface area contributed by atoms with Crippen LogP contribution < -0.4 is 10.2 Å². The molecule has 1 aliphatic heterocycles. The van der Waals surface area contributed by atoms with E-state index in [0.717, 1.165) is 16.8 Å². The lowest BCUT2D eigenvalue weighted by atomic mass is 10.1. The van der Waals surface area contributed by atoms with Gasteiger partial charge in [0.1, 0.15) is 0 Å². The average molecular weight is 273 g/mol. The Hall–Kier alpha value is -2.00. The summed E-state index contributed by atoms with van der Waals surface area (Å²) in [6.07, 6.45) is 0. The zero-order valence-corrected chi connectivity index (χ0v) is 11.0. The molecule has 0 fully saturated rings. The van der Waals surface area contributed by atoms with Crippen LogP contribution in [0, 0.1) is 0 Å². The zero-order chi connectivity index (χ0) is 13.2. The van der Waals surface area contributed by atoms with Crippen LogP contribution in [0.25, 0.3) is 0 Å². The summed E-state index contributed by atoms with van der Waals surface area (Å²) in [7, 11) is 0. The molecule has 0 aromatic heterocycles. The lowest BCUT2D eigenvalue weighted by Crippen LogP contribution is -2.43. The molecule has 2 aromatic rings. The molecule has 0 saturated carbocycles. The predicted molar refractivity (Wildman–Crippen MR) is 76.3 cm³/mol. The number of carbonyl (C=O) groups is 1. The van der Waals surface area contributed by atoms with Gasteiger partial charge >= 0.3 is 6.03 Å². The van der Waals surface area contributed by atoms with Gasteiger partial charge in [-0.2, -0.15) is 0 Å². The molecule has 4 heteroatoms. The van der Waals surface area contributed by atoms with Crippen molar-refractivity contribution in [3.05, 3.63) is 64.7 Å². The molecule has 0 radical (unpaired) electrons. The van der Waals surface area contributed by atoms with Crippen LogP contribution in [0.3, 0.4) is 0 Å². The highest BCUT2D eigenvalue weighted by atomic mass is 35.5. The molecule has 0 saturated heterocycles. The maximum Gasteiger partial charge on any atom is 0.322 e. The van der Waals surface area contributed by atoms with Crippen LogP contribution in [0.2, 0.25) is 5.02 Å². The first-order valence-corrected chi connectivity index (χ1v) is 6.49. The molecule has 0 spiro atoms. The largest absolute Gasteiger partial charge is 0.334 e. The van der Waals surface area contributed by atoms with E-state index in [4.69, 9.17) is 11.6 Å². The number of nitrogens with zero attached hydrogens (tertiary/aromatic N) is 1. The normalized spacial score (nSPS) is 13.9.